The van der Waals surface area contributed by atoms with E-state index in [1.807, 2.05) is 6.92 Å². The Morgan fingerprint density at radius 1 is 1.09 bits per heavy atom. The highest BCUT2D eigenvalue weighted by Crippen LogP contribution is 2.35. The Balaban J connectivity index is 2.55. The summed E-state index contributed by atoms with van der Waals surface area (Å²) in [6.45, 7) is 4.84. The first-order chi connectivity index (χ1) is 15.9. The minimum atomic E-state index is -0.672. The lowest BCUT2D eigenvalue weighted by atomic mass is 9.82. The second-order valence-corrected chi connectivity index (χ2v) is 8.72. The van der Waals surface area contributed by atoms with Gasteiger partial charge >= 0.3 is 5.97 Å². The third-order valence-electron chi connectivity index (χ3n) is 6.16. The molecule has 0 atom stereocenters. The van der Waals surface area contributed by atoms with Crippen LogP contribution in [-0.4, -0.2) is 59.1 Å². The Morgan fingerprint density at radius 3 is 2.27 bits per heavy atom. The van der Waals surface area contributed by atoms with Gasteiger partial charge in [0.05, 0.1) is 44.2 Å². The summed E-state index contributed by atoms with van der Waals surface area (Å²) in [5.41, 5.74) is 0.213. The van der Waals surface area contributed by atoms with Crippen molar-refractivity contribution in [3.05, 3.63) is 23.5 Å². The van der Waals surface area contributed by atoms with Crippen LogP contribution in [0, 0.1) is 17.7 Å². The number of nitrogens with zero attached hydrogens (tertiary/aromatic N) is 1. The smallest absolute Gasteiger partial charge is 0.340 e. The van der Waals surface area contributed by atoms with E-state index >= 15 is 4.39 Å². The Labute approximate surface area is 196 Å². The van der Waals surface area contributed by atoms with Crippen molar-refractivity contribution in [1.82, 2.24) is 0 Å². The van der Waals surface area contributed by atoms with E-state index in [0.717, 1.165) is 38.5 Å². The van der Waals surface area contributed by atoms with Gasteiger partial charge in [-0.2, -0.15) is 0 Å². The van der Waals surface area contributed by atoms with Crippen molar-refractivity contribution < 1.29 is 32.9 Å². The maximum Gasteiger partial charge on any atom is 0.340 e. The average molecular weight is 468 g/mol. The molecule has 1 aromatic rings. The van der Waals surface area contributed by atoms with E-state index in [9.17, 15) is 9.59 Å². The number of rotatable bonds is 12. The van der Waals surface area contributed by atoms with Crippen molar-refractivity contribution in [1.29, 1.82) is 0 Å². The first kappa shape index (κ1) is 27.1. The molecule has 1 amide bonds. The monoisotopic (exact) mass is 467 g/mol. The van der Waals surface area contributed by atoms with Crippen molar-refractivity contribution in [2.75, 3.05) is 46.0 Å². The van der Waals surface area contributed by atoms with Crippen LogP contribution in [0.4, 0.5) is 10.1 Å². The summed E-state index contributed by atoms with van der Waals surface area (Å²) in [7, 11) is 4.31. The van der Waals surface area contributed by atoms with Gasteiger partial charge in [-0.15, -0.1) is 0 Å². The standard InChI is InChI=1S/C25H38FNO6/c1-6-7-12-33-23-13-20(25(29)32-5)22(14-21(23)26)27(19(15-30-3)16-31-4)24(28)18-10-8-17(2)9-11-18/h13-14,17-19H,6-12,15-16H2,1-5H3/t17-,18-. The maximum atomic E-state index is 15.1. The molecular weight excluding hydrogens is 429 g/mol. The first-order valence-electron chi connectivity index (χ1n) is 11.7. The highest BCUT2D eigenvalue weighted by molar-refractivity contribution is 6.04. The molecule has 1 aliphatic carbocycles. The predicted octanol–water partition coefficient (Wildman–Crippen LogP) is 4.61. The molecule has 7 nitrogen and oxygen atoms in total. The van der Waals surface area contributed by atoms with Crippen molar-refractivity contribution in [3.8, 4) is 5.75 Å². The topological polar surface area (TPSA) is 74.3 Å². The van der Waals surface area contributed by atoms with E-state index < -0.39 is 17.8 Å². The Bertz CT molecular complexity index is 772. The second-order valence-electron chi connectivity index (χ2n) is 8.72. The molecule has 33 heavy (non-hydrogen) atoms. The molecule has 186 valence electrons. The maximum absolute atomic E-state index is 15.1. The quantitative estimate of drug-likeness (QED) is 0.330. The van der Waals surface area contributed by atoms with Gasteiger partial charge in [-0.25, -0.2) is 9.18 Å². The number of anilines is 1. The number of benzene rings is 1. The molecule has 1 aromatic carbocycles. The molecular formula is C25H38FNO6. The summed E-state index contributed by atoms with van der Waals surface area (Å²) < 4.78 is 36.3. The van der Waals surface area contributed by atoms with E-state index in [2.05, 4.69) is 6.92 Å². The number of hydrogen-bond donors (Lipinski definition) is 0. The van der Waals surface area contributed by atoms with E-state index in [4.69, 9.17) is 18.9 Å². The zero-order valence-electron chi connectivity index (χ0n) is 20.5. The summed E-state index contributed by atoms with van der Waals surface area (Å²) in [5, 5.41) is 0. The van der Waals surface area contributed by atoms with E-state index in [0.29, 0.717) is 12.5 Å². The predicted molar refractivity (Wildman–Crippen MR) is 124 cm³/mol. The molecule has 0 N–H and O–H groups in total. The van der Waals surface area contributed by atoms with Crippen LogP contribution in [0.2, 0.25) is 0 Å². The molecule has 0 unspecified atom stereocenters. The normalized spacial score (nSPS) is 18.3. The molecule has 0 aliphatic heterocycles. The van der Waals surface area contributed by atoms with Crippen molar-refractivity contribution in [2.45, 2.75) is 58.4 Å². The number of carbonyl (C=O) groups excluding carboxylic acids is 2. The lowest BCUT2D eigenvalue weighted by molar-refractivity contribution is -0.124. The molecule has 1 aliphatic rings. The highest BCUT2D eigenvalue weighted by atomic mass is 19.1. The molecule has 0 spiro atoms. The molecule has 0 bridgehead atoms. The number of amides is 1. The minimum absolute atomic E-state index is 0.0403. The molecule has 1 saturated carbocycles. The summed E-state index contributed by atoms with van der Waals surface area (Å²) in [4.78, 5) is 28.0. The number of methoxy groups -OCH3 is 3. The van der Waals surface area contributed by atoms with Crippen molar-refractivity contribution in [3.63, 3.8) is 0 Å². The Hall–Kier alpha value is -2.19. The van der Waals surface area contributed by atoms with Crippen LogP contribution in [0.1, 0.15) is 62.7 Å². The van der Waals surface area contributed by atoms with Crippen LogP contribution < -0.4 is 9.64 Å². The highest BCUT2D eigenvalue weighted by Gasteiger charge is 2.36. The fourth-order valence-electron chi connectivity index (χ4n) is 4.23. The number of halogens is 1. The molecule has 2 rings (SSSR count). The number of unbranched alkanes of at least 4 members (excludes halogenated alkanes) is 1. The lowest BCUT2D eigenvalue weighted by Crippen LogP contribution is -2.49. The van der Waals surface area contributed by atoms with Gasteiger partial charge in [0.1, 0.15) is 0 Å². The van der Waals surface area contributed by atoms with Crippen LogP contribution >= 0.6 is 0 Å². The Kier molecular flexibility index (Phi) is 11.1. The van der Waals surface area contributed by atoms with Crippen LogP contribution in [0.15, 0.2) is 12.1 Å². The lowest BCUT2D eigenvalue weighted by Gasteiger charge is -2.36. The number of hydrogen-bond acceptors (Lipinski definition) is 6. The van der Waals surface area contributed by atoms with Crippen LogP contribution in [0.3, 0.4) is 0 Å². The summed E-state index contributed by atoms with van der Waals surface area (Å²) in [6, 6.07) is 1.97. The van der Waals surface area contributed by atoms with Gasteiger partial charge in [0.15, 0.2) is 11.6 Å². The average Bonchev–Trinajstić information content (AvgIpc) is 2.80. The first-order valence-corrected chi connectivity index (χ1v) is 11.7. The fraction of sp³-hybridized carbons (Fsp3) is 0.680. The summed E-state index contributed by atoms with van der Waals surface area (Å²) in [5.74, 6) is -1.16. The second kappa shape index (κ2) is 13.5. The molecule has 0 aromatic heterocycles. The van der Waals surface area contributed by atoms with Crippen molar-refractivity contribution in [2.24, 2.45) is 11.8 Å². The number of esters is 1. The van der Waals surface area contributed by atoms with Gasteiger partial charge < -0.3 is 23.8 Å². The van der Waals surface area contributed by atoms with Gasteiger partial charge in [-0.3, -0.25) is 4.79 Å². The van der Waals surface area contributed by atoms with Crippen LogP contribution in [0.5, 0.6) is 5.75 Å². The molecule has 0 radical (unpaired) electrons. The van der Waals surface area contributed by atoms with Gasteiger partial charge in [-0.1, -0.05) is 20.3 Å². The fourth-order valence-corrected chi connectivity index (χ4v) is 4.23. The largest absolute Gasteiger partial charge is 0.490 e. The van der Waals surface area contributed by atoms with Gasteiger partial charge in [0.25, 0.3) is 0 Å². The van der Waals surface area contributed by atoms with Crippen LogP contribution in [0.25, 0.3) is 0 Å². The zero-order chi connectivity index (χ0) is 24.4. The van der Waals surface area contributed by atoms with Crippen LogP contribution in [-0.2, 0) is 19.0 Å². The molecule has 0 heterocycles. The minimum Gasteiger partial charge on any atom is -0.490 e. The third-order valence-corrected chi connectivity index (χ3v) is 6.16. The van der Waals surface area contributed by atoms with E-state index in [-0.39, 0.29) is 42.0 Å². The SMILES string of the molecule is CCCCOc1cc(C(=O)OC)c(N(C(=O)[C@H]2CC[C@H](C)CC2)C(COC)COC)cc1F. The number of ether oxygens (including phenoxy) is 4. The Morgan fingerprint density at radius 2 is 1.73 bits per heavy atom. The van der Waals surface area contributed by atoms with Crippen molar-refractivity contribution >= 4 is 17.6 Å². The zero-order valence-corrected chi connectivity index (χ0v) is 20.5. The molecule has 8 heteroatoms. The third kappa shape index (κ3) is 7.14. The summed E-state index contributed by atoms with van der Waals surface area (Å²) in [6.07, 6.45) is 5.04. The summed E-state index contributed by atoms with van der Waals surface area (Å²) >= 11 is 0. The molecule has 0 saturated heterocycles. The van der Waals surface area contributed by atoms with Gasteiger partial charge in [-0.05, 0) is 44.1 Å². The number of carbonyl (C=O) groups is 2. The van der Waals surface area contributed by atoms with E-state index in [1.54, 1.807) is 0 Å². The van der Waals surface area contributed by atoms with E-state index in [1.165, 1.54) is 38.4 Å². The molecule has 1 fully saturated rings. The van der Waals surface area contributed by atoms with Gasteiger partial charge in [0.2, 0.25) is 5.91 Å². The van der Waals surface area contributed by atoms with Gasteiger partial charge in [0, 0.05) is 26.2 Å².